The normalized spacial score (nSPS) is 34.6. The number of aromatic nitrogens is 1. The number of amides is 1. The monoisotopic (exact) mass is 393 g/mol. The Balaban J connectivity index is 1.47. The highest BCUT2D eigenvalue weighted by Gasteiger charge is 2.72. The molecule has 3 fully saturated rings. The number of anilines is 1. The van der Waals surface area contributed by atoms with Crippen molar-refractivity contribution in [2.45, 2.75) is 32.0 Å². The van der Waals surface area contributed by atoms with Crippen molar-refractivity contribution in [3.05, 3.63) is 58.4 Å². The molecule has 1 aromatic carbocycles. The maximum Gasteiger partial charge on any atom is 0.230 e. The van der Waals surface area contributed by atoms with Gasteiger partial charge in [0, 0.05) is 23.5 Å². The van der Waals surface area contributed by atoms with Gasteiger partial charge in [0.05, 0.1) is 28.7 Å². The summed E-state index contributed by atoms with van der Waals surface area (Å²) in [6.45, 7) is 4.22. The van der Waals surface area contributed by atoms with Crippen LogP contribution in [0.1, 0.15) is 29.7 Å². The van der Waals surface area contributed by atoms with Crippen LogP contribution in [0.2, 0.25) is 5.02 Å². The third-order valence-corrected chi connectivity index (χ3v) is 6.98. The number of aryl methyl sites for hydroxylation is 1. The molecule has 3 aliphatic rings. The smallest absolute Gasteiger partial charge is 0.230 e. The molecule has 6 heteroatoms. The van der Waals surface area contributed by atoms with E-state index in [4.69, 9.17) is 16.3 Å². The first-order valence-electron chi connectivity index (χ1n) is 9.58. The molecule has 5 nitrogen and oxygen atoms in total. The third-order valence-electron chi connectivity index (χ3n) is 6.65. The molecule has 0 spiro atoms. The summed E-state index contributed by atoms with van der Waals surface area (Å²) >= 11 is 6.01. The molecule has 1 aromatic heterocycles. The number of fused-ring (bicyclic) bond motifs is 5. The van der Waals surface area contributed by atoms with Crippen molar-refractivity contribution < 1.29 is 9.53 Å². The Hall–Kier alpha value is -2.42. The predicted octanol–water partition coefficient (Wildman–Crippen LogP) is 3.92. The van der Waals surface area contributed by atoms with Crippen LogP contribution >= 0.6 is 11.6 Å². The van der Waals surface area contributed by atoms with E-state index in [2.05, 4.69) is 29.4 Å². The number of nitriles is 1. The number of hydrogen-bond acceptors (Lipinski definition) is 4. The molecule has 5 rings (SSSR count). The Labute approximate surface area is 168 Å². The molecule has 0 radical (unpaired) electrons. The molecule has 1 saturated carbocycles. The molecule has 3 unspecified atom stereocenters. The van der Waals surface area contributed by atoms with Crippen molar-refractivity contribution >= 4 is 23.2 Å². The molecule has 1 aliphatic carbocycles. The van der Waals surface area contributed by atoms with Gasteiger partial charge in [0.25, 0.3) is 0 Å². The fraction of sp³-hybridized carbons (Fsp3) is 0.409. The van der Waals surface area contributed by atoms with Gasteiger partial charge < -0.3 is 10.1 Å². The van der Waals surface area contributed by atoms with Crippen LogP contribution in [0, 0.1) is 41.9 Å². The number of benzene rings is 1. The van der Waals surface area contributed by atoms with Gasteiger partial charge in [-0.25, -0.2) is 0 Å². The van der Waals surface area contributed by atoms with Crippen LogP contribution in [0.5, 0.6) is 0 Å². The van der Waals surface area contributed by atoms with Crippen LogP contribution in [-0.4, -0.2) is 23.1 Å². The van der Waals surface area contributed by atoms with Crippen molar-refractivity contribution in [1.82, 2.24) is 4.98 Å². The highest BCUT2D eigenvalue weighted by molar-refractivity contribution is 6.31. The number of rotatable bonds is 3. The highest BCUT2D eigenvalue weighted by Crippen LogP contribution is 2.68. The number of pyridine rings is 1. The van der Waals surface area contributed by atoms with Crippen molar-refractivity contribution in [2.75, 3.05) is 5.32 Å². The van der Waals surface area contributed by atoms with Crippen LogP contribution in [-0.2, 0) is 9.53 Å². The molecule has 7 atom stereocenters. The Morgan fingerprint density at radius 1 is 1.25 bits per heavy atom. The van der Waals surface area contributed by atoms with Crippen LogP contribution in [0.25, 0.3) is 0 Å². The molecule has 1 N–H and O–H groups in total. The van der Waals surface area contributed by atoms with Crippen LogP contribution in [0.4, 0.5) is 5.69 Å². The van der Waals surface area contributed by atoms with Crippen molar-refractivity contribution in [2.24, 2.45) is 23.7 Å². The summed E-state index contributed by atoms with van der Waals surface area (Å²) < 4.78 is 6.29. The zero-order valence-corrected chi connectivity index (χ0v) is 16.4. The fourth-order valence-electron chi connectivity index (χ4n) is 5.38. The summed E-state index contributed by atoms with van der Waals surface area (Å²) in [6, 6.07) is 11.1. The van der Waals surface area contributed by atoms with Gasteiger partial charge in [-0.05, 0) is 60.6 Å². The zero-order chi connectivity index (χ0) is 19.6. The van der Waals surface area contributed by atoms with Crippen LogP contribution < -0.4 is 5.32 Å². The molecule has 1 amide bonds. The van der Waals surface area contributed by atoms with Gasteiger partial charge in [0.2, 0.25) is 5.91 Å². The minimum Gasteiger partial charge on any atom is -0.373 e. The lowest BCUT2D eigenvalue weighted by molar-refractivity contribution is -0.122. The second-order valence-electron chi connectivity index (χ2n) is 8.16. The maximum absolute atomic E-state index is 13.3. The molecule has 3 heterocycles. The average molecular weight is 394 g/mol. The summed E-state index contributed by atoms with van der Waals surface area (Å²) in [4.78, 5) is 17.6. The van der Waals surface area contributed by atoms with Gasteiger partial charge in [0.1, 0.15) is 6.07 Å². The van der Waals surface area contributed by atoms with Crippen LogP contribution in [0.3, 0.4) is 0 Å². The summed E-state index contributed by atoms with van der Waals surface area (Å²) in [6.07, 6.45) is 1.84. The molecule has 142 valence electrons. The van der Waals surface area contributed by atoms with Gasteiger partial charge >= 0.3 is 0 Å². The molecular formula is C22H20ClN3O2. The lowest BCUT2D eigenvalue weighted by Crippen LogP contribution is -2.37. The molecule has 2 bridgehead atoms. The molecule has 2 aliphatic heterocycles. The molecule has 2 aromatic rings. The number of ether oxygens (including phenoxy) is 1. The summed E-state index contributed by atoms with van der Waals surface area (Å²) in [5.41, 5.74) is 2.99. The van der Waals surface area contributed by atoms with Gasteiger partial charge in [-0.2, -0.15) is 5.26 Å². The first kappa shape index (κ1) is 17.7. The first-order valence-corrected chi connectivity index (χ1v) is 9.96. The van der Waals surface area contributed by atoms with E-state index in [1.54, 1.807) is 24.4 Å². The summed E-state index contributed by atoms with van der Waals surface area (Å²) in [5, 5.41) is 12.6. The molecule has 2 saturated heterocycles. The Morgan fingerprint density at radius 3 is 2.79 bits per heavy atom. The number of carbonyl (C=O) groups is 1. The van der Waals surface area contributed by atoms with Crippen molar-refractivity contribution in [1.29, 1.82) is 5.26 Å². The largest absolute Gasteiger partial charge is 0.373 e. The zero-order valence-electron chi connectivity index (χ0n) is 15.6. The van der Waals surface area contributed by atoms with Gasteiger partial charge in [-0.15, -0.1) is 0 Å². The van der Waals surface area contributed by atoms with E-state index in [0.717, 1.165) is 11.3 Å². The Kier molecular flexibility index (Phi) is 3.97. The number of carbonyl (C=O) groups excluding carboxylic acids is 1. The SMILES string of the molecule is Cc1cc([C@@H]2[C@@H](C(=O)Nc3ccc(Cl)c(C#N)c3)[C@@H]3O[C@H]2C2C(C)C23)ccn1. The average Bonchev–Trinajstić information content (AvgIpc) is 3.04. The number of halogens is 1. The lowest BCUT2D eigenvalue weighted by atomic mass is 9.75. The summed E-state index contributed by atoms with van der Waals surface area (Å²) in [5.74, 6) is 1.34. The minimum absolute atomic E-state index is 0.0284. The van der Waals surface area contributed by atoms with Crippen LogP contribution in [0.15, 0.2) is 36.5 Å². The first-order chi connectivity index (χ1) is 13.5. The van der Waals surface area contributed by atoms with E-state index in [-0.39, 0.29) is 30.0 Å². The van der Waals surface area contributed by atoms with Gasteiger partial charge in [-0.3, -0.25) is 9.78 Å². The predicted molar refractivity (Wildman–Crippen MR) is 105 cm³/mol. The van der Waals surface area contributed by atoms with E-state index in [0.29, 0.717) is 34.0 Å². The highest BCUT2D eigenvalue weighted by atomic mass is 35.5. The van der Waals surface area contributed by atoms with Crippen molar-refractivity contribution in [3.8, 4) is 6.07 Å². The van der Waals surface area contributed by atoms with E-state index in [1.165, 1.54) is 0 Å². The molecule has 28 heavy (non-hydrogen) atoms. The topological polar surface area (TPSA) is 75.0 Å². The second kappa shape index (κ2) is 6.30. The lowest BCUT2D eigenvalue weighted by Gasteiger charge is -2.27. The standard InChI is InChI=1S/C22H20ClN3O2/c1-10-7-12(5-6-25-10)18-19(21-17-11(2)16(17)20(18)28-21)22(27)26-14-3-4-15(23)13(8-14)9-24/h3-8,11,16-21H,1-2H3,(H,26,27)/t11?,16?,17?,18-,19-,20+,21-/m1/s1. The Bertz CT molecular complexity index is 1020. The fourth-order valence-corrected chi connectivity index (χ4v) is 5.54. The number of nitrogens with zero attached hydrogens (tertiary/aromatic N) is 2. The molecular weight excluding hydrogens is 374 g/mol. The number of nitrogens with one attached hydrogen (secondary N) is 1. The minimum atomic E-state index is -0.251. The van der Waals surface area contributed by atoms with Gasteiger partial charge in [0.15, 0.2) is 0 Å². The van der Waals surface area contributed by atoms with Gasteiger partial charge in [-0.1, -0.05) is 18.5 Å². The van der Waals surface area contributed by atoms with E-state index < -0.39 is 0 Å². The van der Waals surface area contributed by atoms with E-state index in [1.807, 2.05) is 13.0 Å². The van der Waals surface area contributed by atoms with Crippen molar-refractivity contribution in [3.63, 3.8) is 0 Å². The third kappa shape index (κ3) is 2.56. The maximum atomic E-state index is 13.3. The number of hydrogen-bond donors (Lipinski definition) is 1. The Morgan fingerprint density at radius 2 is 2.04 bits per heavy atom. The second-order valence-corrected chi connectivity index (χ2v) is 8.56. The van der Waals surface area contributed by atoms with E-state index >= 15 is 0 Å². The summed E-state index contributed by atoms with van der Waals surface area (Å²) in [7, 11) is 0. The van der Waals surface area contributed by atoms with E-state index in [9.17, 15) is 10.1 Å². The quantitative estimate of drug-likeness (QED) is 0.857.